The number of hydrogen-bond donors (Lipinski definition) is 1. The zero-order valence-corrected chi connectivity index (χ0v) is 15.5. The first-order chi connectivity index (χ1) is 13.2. The van der Waals surface area contributed by atoms with Crippen LogP contribution in [-0.4, -0.2) is 21.9 Å². The number of nitrogens with one attached hydrogen (secondary N) is 1. The van der Waals surface area contributed by atoms with Crippen LogP contribution in [0.5, 0.6) is 0 Å². The van der Waals surface area contributed by atoms with Gasteiger partial charge in [-0.3, -0.25) is 4.79 Å². The maximum atomic E-state index is 12.1. The van der Waals surface area contributed by atoms with E-state index in [1.54, 1.807) is 0 Å². The Morgan fingerprint density at radius 3 is 2.70 bits per heavy atom. The highest BCUT2D eigenvalue weighted by atomic mass is 32.2. The molecule has 0 unspecified atom stereocenters. The highest BCUT2D eigenvalue weighted by Gasteiger charge is 2.12. The predicted molar refractivity (Wildman–Crippen MR) is 108 cm³/mol. The molecular weight excluding hydrogens is 358 g/mol. The van der Waals surface area contributed by atoms with Crippen molar-refractivity contribution in [3.05, 3.63) is 72.3 Å². The summed E-state index contributed by atoms with van der Waals surface area (Å²) in [4.78, 5) is 12.1. The summed E-state index contributed by atoms with van der Waals surface area (Å²) in [5.74, 6) is 0.534. The number of hydrogen-bond acceptors (Lipinski definition) is 5. The van der Waals surface area contributed by atoms with Gasteiger partial charge in [-0.25, -0.2) is 0 Å². The van der Waals surface area contributed by atoms with Crippen LogP contribution in [-0.2, 0) is 4.79 Å². The first-order valence-electron chi connectivity index (χ1n) is 8.49. The van der Waals surface area contributed by atoms with Gasteiger partial charge in [0, 0.05) is 11.3 Å². The fraction of sp³-hybridized carbons (Fsp3) is 0.0952. The van der Waals surface area contributed by atoms with Crippen LogP contribution in [0.25, 0.3) is 22.2 Å². The topological polar surface area (TPSA) is 68.0 Å². The van der Waals surface area contributed by atoms with E-state index < -0.39 is 0 Å². The van der Waals surface area contributed by atoms with Crippen molar-refractivity contribution in [3.63, 3.8) is 0 Å². The summed E-state index contributed by atoms with van der Waals surface area (Å²) < 4.78 is 5.70. The zero-order valence-electron chi connectivity index (χ0n) is 14.7. The summed E-state index contributed by atoms with van der Waals surface area (Å²) in [5.41, 5.74) is 2.73. The maximum absolute atomic E-state index is 12.1. The summed E-state index contributed by atoms with van der Waals surface area (Å²) in [7, 11) is 0. The van der Waals surface area contributed by atoms with Gasteiger partial charge < -0.3 is 9.73 Å². The average molecular weight is 375 g/mol. The Morgan fingerprint density at radius 2 is 1.85 bits per heavy atom. The van der Waals surface area contributed by atoms with Gasteiger partial charge in [-0.05, 0) is 47.5 Å². The van der Waals surface area contributed by atoms with Gasteiger partial charge in [0.2, 0.25) is 11.8 Å². The normalized spacial score (nSPS) is 10.9. The van der Waals surface area contributed by atoms with Crippen LogP contribution in [0.15, 0.2) is 76.4 Å². The number of aromatic nitrogens is 2. The van der Waals surface area contributed by atoms with Crippen molar-refractivity contribution in [1.29, 1.82) is 0 Å². The van der Waals surface area contributed by atoms with E-state index in [1.165, 1.54) is 11.8 Å². The van der Waals surface area contributed by atoms with Crippen molar-refractivity contribution in [2.75, 3.05) is 11.1 Å². The zero-order chi connectivity index (χ0) is 18.6. The molecule has 0 atom stereocenters. The summed E-state index contributed by atoms with van der Waals surface area (Å²) in [6.07, 6.45) is 0. The molecule has 4 aromatic rings. The molecule has 0 fully saturated rings. The maximum Gasteiger partial charge on any atom is 0.277 e. The van der Waals surface area contributed by atoms with Gasteiger partial charge in [-0.2, -0.15) is 0 Å². The number of fused-ring (bicyclic) bond motifs is 1. The van der Waals surface area contributed by atoms with E-state index in [-0.39, 0.29) is 11.7 Å². The molecule has 0 radical (unpaired) electrons. The molecule has 1 heterocycles. The Balaban J connectivity index is 1.41. The fourth-order valence-corrected chi connectivity index (χ4v) is 3.32. The number of carbonyl (C=O) groups excluding carboxylic acids is 1. The molecule has 0 saturated heterocycles. The summed E-state index contributed by atoms with van der Waals surface area (Å²) in [5, 5.41) is 13.6. The lowest BCUT2D eigenvalue weighted by molar-refractivity contribution is -0.113. The van der Waals surface area contributed by atoms with E-state index in [0.717, 1.165) is 27.6 Å². The largest absolute Gasteiger partial charge is 0.411 e. The minimum Gasteiger partial charge on any atom is -0.411 e. The molecule has 1 amide bonds. The van der Waals surface area contributed by atoms with Crippen molar-refractivity contribution in [2.45, 2.75) is 12.1 Å². The van der Waals surface area contributed by atoms with E-state index in [0.29, 0.717) is 11.1 Å². The van der Waals surface area contributed by atoms with Gasteiger partial charge in [0.25, 0.3) is 5.22 Å². The van der Waals surface area contributed by atoms with Gasteiger partial charge in [0.15, 0.2) is 0 Å². The van der Waals surface area contributed by atoms with Crippen LogP contribution in [0.3, 0.4) is 0 Å². The van der Waals surface area contributed by atoms with Crippen molar-refractivity contribution < 1.29 is 9.21 Å². The molecule has 134 valence electrons. The SMILES string of the molecule is Cc1cccc(NC(=O)CSc2nnc(-c3ccc4ccccc4c3)o2)c1. The van der Waals surface area contributed by atoms with Crippen LogP contribution in [0.4, 0.5) is 5.69 Å². The second-order valence-corrected chi connectivity index (χ2v) is 7.07. The van der Waals surface area contributed by atoms with Crippen LogP contribution in [0.2, 0.25) is 0 Å². The van der Waals surface area contributed by atoms with Gasteiger partial charge in [0.1, 0.15) is 0 Å². The highest BCUT2D eigenvalue weighted by molar-refractivity contribution is 7.99. The van der Waals surface area contributed by atoms with Gasteiger partial charge in [-0.1, -0.05) is 54.2 Å². The molecule has 0 aliphatic rings. The number of nitrogens with zero attached hydrogens (tertiary/aromatic N) is 2. The summed E-state index contributed by atoms with van der Waals surface area (Å²) in [6, 6.07) is 21.8. The molecule has 27 heavy (non-hydrogen) atoms. The second kappa shape index (κ2) is 7.63. The van der Waals surface area contributed by atoms with Crippen molar-refractivity contribution in [3.8, 4) is 11.5 Å². The van der Waals surface area contributed by atoms with E-state index in [4.69, 9.17) is 4.42 Å². The minimum atomic E-state index is -0.115. The number of benzene rings is 3. The average Bonchev–Trinajstić information content (AvgIpc) is 3.15. The number of aryl methyl sites for hydroxylation is 1. The third-order valence-corrected chi connectivity index (χ3v) is 4.85. The first-order valence-corrected chi connectivity index (χ1v) is 9.48. The second-order valence-electron chi connectivity index (χ2n) is 6.14. The lowest BCUT2D eigenvalue weighted by Gasteiger charge is -2.04. The van der Waals surface area contributed by atoms with E-state index >= 15 is 0 Å². The van der Waals surface area contributed by atoms with Gasteiger partial charge >= 0.3 is 0 Å². The highest BCUT2D eigenvalue weighted by Crippen LogP contribution is 2.26. The molecule has 0 aliphatic heterocycles. The smallest absolute Gasteiger partial charge is 0.277 e. The molecule has 0 bridgehead atoms. The molecular formula is C21H17N3O2S. The lowest BCUT2D eigenvalue weighted by atomic mass is 10.1. The Hall–Kier alpha value is -3.12. The molecule has 1 aromatic heterocycles. The van der Waals surface area contributed by atoms with Crippen molar-refractivity contribution >= 4 is 34.1 Å². The summed E-state index contributed by atoms with van der Waals surface area (Å²) >= 11 is 1.22. The van der Waals surface area contributed by atoms with Crippen molar-refractivity contribution in [2.24, 2.45) is 0 Å². The standard InChI is InChI=1S/C21H17N3O2S/c1-14-5-4-8-18(11-14)22-19(25)13-27-21-24-23-20(26-21)17-10-9-15-6-2-3-7-16(15)12-17/h2-12H,13H2,1H3,(H,22,25). The number of amides is 1. The van der Waals surface area contributed by atoms with Crippen LogP contribution in [0.1, 0.15) is 5.56 Å². The fourth-order valence-electron chi connectivity index (χ4n) is 2.75. The number of rotatable bonds is 5. The molecule has 0 spiro atoms. The molecule has 0 aliphatic carbocycles. The Morgan fingerprint density at radius 1 is 1.00 bits per heavy atom. The quantitative estimate of drug-likeness (QED) is 0.501. The van der Waals surface area contributed by atoms with E-state index in [1.807, 2.05) is 67.6 Å². The third kappa shape index (κ3) is 4.17. The minimum absolute atomic E-state index is 0.115. The molecule has 1 N–H and O–H groups in total. The van der Waals surface area contributed by atoms with Crippen LogP contribution < -0.4 is 5.32 Å². The van der Waals surface area contributed by atoms with Crippen LogP contribution in [0, 0.1) is 6.92 Å². The number of anilines is 1. The summed E-state index contributed by atoms with van der Waals surface area (Å²) in [6.45, 7) is 1.98. The molecule has 5 nitrogen and oxygen atoms in total. The van der Waals surface area contributed by atoms with E-state index in [9.17, 15) is 4.79 Å². The van der Waals surface area contributed by atoms with Crippen LogP contribution >= 0.6 is 11.8 Å². The first kappa shape index (κ1) is 17.3. The van der Waals surface area contributed by atoms with Gasteiger partial charge in [-0.15, -0.1) is 10.2 Å². The number of thioether (sulfide) groups is 1. The Bertz CT molecular complexity index is 1110. The molecule has 3 aromatic carbocycles. The van der Waals surface area contributed by atoms with E-state index in [2.05, 4.69) is 21.6 Å². The monoisotopic (exact) mass is 375 g/mol. The number of carbonyl (C=O) groups is 1. The lowest BCUT2D eigenvalue weighted by Crippen LogP contribution is -2.13. The third-order valence-electron chi connectivity index (χ3n) is 4.03. The molecule has 6 heteroatoms. The van der Waals surface area contributed by atoms with Gasteiger partial charge in [0.05, 0.1) is 5.75 Å². The molecule has 4 rings (SSSR count). The predicted octanol–water partition coefficient (Wildman–Crippen LogP) is 4.93. The molecule has 0 saturated carbocycles. The Kier molecular flexibility index (Phi) is 4.89. The van der Waals surface area contributed by atoms with Crippen molar-refractivity contribution in [1.82, 2.24) is 10.2 Å². The Labute approximate surface area is 160 Å².